The molecule has 0 amide bonds. The third-order valence-corrected chi connectivity index (χ3v) is 1.58. The maximum atomic E-state index is 11.9. The summed E-state index contributed by atoms with van der Waals surface area (Å²) in [6.45, 7) is 0. The van der Waals surface area contributed by atoms with Gasteiger partial charge in [0, 0.05) is 0 Å². The van der Waals surface area contributed by atoms with Crippen LogP contribution in [-0.4, -0.2) is 16.3 Å². The fourth-order valence-corrected chi connectivity index (χ4v) is 1.03. The van der Waals surface area contributed by atoms with Crippen molar-refractivity contribution in [1.29, 1.82) is 0 Å². The van der Waals surface area contributed by atoms with Gasteiger partial charge in [-0.25, -0.2) is 12.8 Å². The van der Waals surface area contributed by atoms with Crippen molar-refractivity contribution >= 4 is 11.1 Å². The summed E-state index contributed by atoms with van der Waals surface area (Å²) in [6.07, 6.45) is 1.27. The summed E-state index contributed by atoms with van der Waals surface area (Å²) in [7, 11) is 0. The highest BCUT2D eigenvalue weighted by Gasteiger charge is 2.10. The molecule has 2 atom stereocenters. The van der Waals surface area contributed by atoms with E-state index in [9.17, 15) is 8.60 Å². The lowest BCUT2D eigenvalue weighted by Gasteiger charge is -2.06. The van der Waals surface area contributed by atoms with Gasteiger partial charge in [-0.1, -0.05) is 6.08 Å². The van der Waals surface area contributed by atoms with E-state index < -0.39 is 17.4 Å². The van der Waals surface area contributed by atoms with E-state index in [1.807, 2.05) is 0 Å². The molecule has 2 nitrogen and oxygen atoms in total. The third-order valence-electron chi connectivity index (χ3n) is 0.719. The summed E-state index contributed by atoms with van der Waals surface area (Å²) in [5, 5.41) is 0. The molecule has 0 fully saturated rings. The van der Waals surface area contributed by atoms with Crippen molar-refractivity contribution in [1.82, 2.24) is 0 Å². The molecule has 1 aliphatic rings. The lowest BCUT2D eigenvalue weighted by atomic mass is 10.5. The number of rotatable bonds is 0. The van der Waals surface area contributed by atoms with Crippen molar-refractivity contribution in [3.63, 3.8) is 0 Å². The Bertz CT molecular complexity index is 134. The SMILES string of the molecule is O=S1CC=CC(F)O1. The lowest BCUT2D eigenvalue weighted by Crippen LogP contribution is -2.12. The Labute approximate surface area is 49.0 Å². The van der Waals surface area contributed by atoms with Gasteiger partial charge in [0.2, 0.25) is 6.36 Å². The number of hydrogen-bond acceptors (Lipinski definition) is 2. The summed E-state index contributed by atoms with van der Waals surface area (Å²) >= 11 is -1.43. The van der Waals surface area contributed by atoms with Gasteiger partial charge in [-0.2, -0.15) is 0 Å². The highest BCUT2D eigenvalue weighted by molar-refractivity contribution is 7.80. The largest absolute Gasteiger partial charge is 0.249 e. The lowest BCUT2D eigenvalue weighted by molar-refractivity contribution is 0.128. The van der Waals surface area contributed by atoms with Crippen molar-refractivity contribution in [3.8, 4) is 0 Å². The Balaban J connectivity index is 2.54. The average molecular weight is 136 g/mol. The van der Waals surface area contributed by atoms with Crippen molar-refractivity contribution in [2.24, 2.45) is 0 Å². The summed E-state index contributed by atoms with van der Waals surface area (Å²) in [5.74, 6) is 0.306. The van der Waals surface area contributed by atoms with Gasteiger partial charge in [-0.3, -0.25) is 0 Å². The Morgan fingerprint density at radius 2 is 2.62 bits per heavy atom. The third kappa shape index (κ3) is 1.38. The van der Waals surface area contributed by atoms with Gasteiger partial charge in [0.25, 0.3) is 0 Å². The molecule has 4 heteroatoms. The molecule has 1 aliphatic heterocycles. The quantitative estimate of drug-likeness (QED) is 0.454. The molecule has 8 heavy (non-hydrogen) atoms. The zero-order valence-corrected chi connectivity index (χ0v) is 4.86. The zero-order chi connectivity index (χ0) is 5.98. The Hall–Kier alpha value is -0.220. The first-order valence-electron chi connectivity index (χ1n) is 2.15. The number of hydrogen-bond donors (Lipinski definition) is 0. The van der Waals surface area contributed by atoms with Crippen LogP contribution in [0.3, 0.4) is 0 Å². The van der Waals surface area contributed by atoms with E-state index >= 15 is 0 Å². The van der Waals surface area contributed by atoms with E-state index in [4.69, 9.17) is 0 Å². The molecular weight excluding hydrogens is 131 g/mol. The molecule has 0 bridgehead atoms. The Morgan fingerprint density at radius 1 is 1.88 bits per heavy atom. The van der Waals surface area contributed by atoms with Gasteiger partial charge in [0.1, 0.15) is 0 Å². The summed E-state index contributed by atoms with van der Waals surface area (Å²) < 4.78 is 26.4. The van der Waals surface area contributed by atoms with E-state index in [1.165, 1.54) is 12.2 Å². The molecular formula is C4H5FO2S. The van der Waals surface area contributed by atoms with Crippen molar-refractivity contribution in [2.45, 2.75) is 6.36 Å². The van der Waals surface area contributed by atoms with Crippen LogP contribution in [0, 0.1) is 0 Å². The van der Waals surface area contributed by atoms with Gasteiger partial charge < -0.3 is 0 Å². The van der Waals surface area contributed by atoms with Crippen LogP contribution in [0.2, 0.25) is 0 Å². The molecule has 46 valence electrons. The molecule has 0 radical (unpaired) electrons. The first kappa shape index (κ1) is 5.91. The summed E-state index contributed by atoms with van der Waals surface area (Å²) in [6, 6.07) is 0. The predicted octanol–water partition coefficient (Wildman–Crippen LogP) is 0.532. The van der Waals surface area contributed by atoms with Crippen LogP contribution in [0.4, 0.5) is 4.39 Å². The van der Waals surface area contributed by atoms with E-state index in [0.717, 1.165) is 0 Å². The van der Waals surface area contributed by atoms with Crippen LogP contribution in [0.25, 0.3) is 0 Å². The minimum absolute atomic E-state index is 0.306. The molecule has 0 aromatic heterocycles. The van der Waals surface area contributed by atoms with Crippen LogP contribution in [0.15, 0.2) is 12.2 Å². The molecule has 1 rings (SSSR count). The average Bonchev–Trinajstić information content (AvgIpc) is 1.64. The maximum absolute atomic E-state index is 11.9. The summed E-state index contributed by atoms with van der Waals surface area (Å²) in [5.41, 5.74) is 0. The summed E-state index contributed by atoms with van der Waals surface area (Å²) in [4.78, 5) is 0. The standard InChI is InChI=1S/C4H5FO2S/c5-4-2-1-3-8(6)7-4/h1-2,4H,3H2. The maximum Gasteiger partial charge on any atom is 0.232 e. The molecule has 0 aliphatic carbocycles. The first-order chi connectivity index (χ1) is 3.79. The first-order valence-corrected chi connectivity index (χ1v) is 3.39. The molecule has 1 heterocycles. The number of halogens is 1. The monoisotopic (exact) mass is 136 g/mol. The van der Waals surface area contributed by atoms with Crippen LogP contribution in [0.5, 0.6) is 0 Å². The zero-order valence-electron chi connectivity index (χ0n) is 4.04. The Morgan fingerprint density at radius 3 is 3.00 bits per heavy atom. The fourth-order valence-electron chi connectivity index (χ4n) is 0.415. The fraction of sp³-hybridized carbons (Fsp3) is 0.500. The second-order valence-corrected chi connectivity index (χ2v) is 2.48. The van der Waals surface area contributed by atoms with Gasteiger partial charge in [0.15, 0.2) is 11.1 Å². The highest BCUT2D eigenvalue weighted by atomic mass is 32.2. The van der Waals surface area contributed by atoms with E-state index in [1.54, 1.807) is 0 Å². The minimum Gasteiger partial charge on any atom is -0.249 e. The molecule has 0 saturated carbocycles. The van der Waals surface area contributed by atoms with Gasteiger partial charge >= 0.3 is 0 Å². The molecule has 0 N–H and O–H groups in total. The predicted molar refractivity (Wildman–Crippen MR) is 28.1 cm³/mol. The van der Waals surface area contributed by atoms with Crippen LogP contribution >= 0.6 is 0 Å². The van der Waals surface area contributed by atoms with Crippen molar-refractivity contribution in [2.75, 3.05) is 5.75 Å². The molecule has 2 unspecified atom stereocenters. The smallest absolute Gasteiger partial charge is 0.232 e. The molecule has 0 aromatic rings. The van der Waals surface area contributed by atoms with E-state index in [0.29, 0.717) is 5.75 Å². The highest BCUT2D eigenvalue weighted by Crippen LogP contribution is 2.05. The van der Waals surface area contributed by atoms with Gasteiger partial charge in [0.05, 0.1) is 5.75 Å². The van der Waals surface area contributed by atoms with Gasteiger partial charge in [-0.05, 0) is 6.08 Å². The van der Waals surface area contributed by atoms with Crippen LogP contribution < -0.4 is 0 Å². The van der Waals surface area contributed by atoms with E-state index in [2.05, 4.69) is 4.18 Å². The second-order valence-electron chi connectivity index (χ2n) is 1.35. The number of alkyl halides is 1. The normalized spacial score (nSPS) is 37.6. The van der Waals surface area contributed by atoms with Crippen LogP contribution in [-0.2, 0) is 15.3 Å². The molecule has 0 aromatic carbocycles. The van der Waals surface area contributed by atoms with Gasteiger partial charge in [-0.15, -0.1) is 0 Å². The Kier molecular flexibility index (Phi) is 1.75. The van der Waals surface area contributed by atoms with Crippen molar-refractivity contribution in [3.05, 3.63) is 12.2 Å². The van der Waals surface area contributed by atoms with Crippen molar-refractivity contribution < 1.29 is 12.8 Å². The molecule has 0 spiro atoms. The molecule has 0 saturated heterocycles. The topological polar surface area (TPSA) is 26.3 Å². The van der Waals surface area contributed by atoms with E-state index in [-0.39, 0.29) is 0 Å². The second kappa shape index (κ2) is 2.37. The minimum atomic E-state index is -1.47. The van der Waals surface area contributed by atoms with Crippen LogP contribution in [0.1, 0.15) is 0 Å².